The molecule has 0 bridgehead atoms. The highest BCUT2D eigenvalue weighted by Crippen LogP contribution is 2.33. The molecule has 0 spiro atoms. The molecule has 1 saturated heterocycles. The van der Waals surface area contributed by atoms with E-state index in [1.807, 2.05) is 18.7 Å². The van der Waals surface area contributed by atoms with Gasteiger partial charge in [0, 0.05) is 31.6 Å². The van der Waals surface area contributed by atoms with Crippen molar-refractivity contribution in [3.05, 3.63) is 0 Å². The second-order valence-electron chi connectivity index (χ2n) is 5.53. The normalized spacial score (nSPS) is 23.9. The van der Waals surface area contributed by atoms with Crippen molar-refractivity contribution in [2.24, 2.45) is 5.92 Å². The van der Waals surface area contributed by atoms with E-state index in [1.54, 1.807) is 4.90 Å². The third-order valence-electron chi connectivity index (χ3n) is 3.74. The second kappa shape index (κ2) is 5.26. The number of carbonyl (C=O) groups is 2. The van der Waals surface area contributed by atoms with Gasteiger partial charge in [-0.25, -0.2) is 0 Å². The number of aliphatic hydroxyl groups excluding tert-OH is 1. The Hall–Kier alpha value is -1.10. The van der Waals surface area contributed by atoms with E-state index in [-0.39, 0.29) is 30.4 Å². The molecule has 102 valence electrons. The summed E-state index contributed by atoms with van der Waals surface area (Å²) in [7, 11) is 0. The zero-order valence-corrected chi connectivity index (χ0v) is 11.1. The lowest BCUT2D eigenvalue weighted by Crippen LogP contribution is -2.43. The van der Waals surface area contributed by atoms with Crippen molar-refractivity contribution >= 4 is 11.8 Å². The highest BCUT2D eigenvalue weighted by Gasteiger charge is 2.42. The van der Waals surface area contributed by atoms with Crippen molar-refractivity contribution in [3.8, 4) is 0 Å². The van der Waals surface area contributed by atoms with E-state index < -0.39 is 0 Å². The van der Waals surface area contributed by atoms with Crippen LogP contribution in [0.25, 0.3) is 0 Å². The van der Waals surface area contributed by atoms with Crippen LogP contribution in [0.2, 0.25) is 0 Å². The van der Waals surface area contributed by atoms with Gasteiger partial charge in [0.2, 0.25) is 11.8 Å². The predicted molar refractivity (Wildman–Crippen MR) is 66.8 cm³/mol. The minimum absolute atomic E-state index is 0.00977. The van der Waals surface area contributed by atoms with Crippen LogP contribution in [0.3, 0.4) is 0 Å². The molecule has 1 aliphatic heterocycles. The quantitative estimate of drug-likeness (QED) is 0.764. The van der Waals surface area contributed by atoms with E-state index in [0.717, 1.165) is 12.8 Å². The maximum absolute atomic E-state index is 12.3. The molecular formula is C13H22N2O3. The Kier molecular flexibility index (Phi) is 3.90. The zero-order chi connectivity index (χ0) is 13.3. The fraction of sp³-hybridized carbons (Fsp3) is 0.846. The van der Waals surface area contributed by atoms with Crippen LogP contribution >= 0.6 is 0 Å². The summed E-state index contributed by atoms with van der Waals surface area (Å²) in [6, 6.07) is 0.454. The number of amides is 2. The van der Waals surface area contributed by atoms with E-state index in [2.05, 4.69) is 0 Å². The lowest BCUT2D eigenvalue weighted by Gasteiger charge is -2.28. The van der Waals surface area contributed by atoms with Crippen molar-refractivity contribution in [2.45, 2.75) is 45.2 Å². The number of likely N-dealkylation sites (tertiary alicyclic amines) is 1. The molecule has 18 heavy (non-hydrogen) atoms. The molecule has 0 aromatic rings. The molecule has 1 N–H and O–H groups in total. The van der Waals surface area contributed by atoms with Gasteiger partial charge in [-0.05, 0) is 26.7 Å². The summed E-state index contributed by atoms with van der Waals surface area (Å²) in [4.78, 5) is 27.7. The second-order valence-corrected chi connectivity index (χ2v) is 5.53. The predicted octanol–water partition coefficient (Wildman–Crippen LogP) is 0.227. The van der Waals surface area contributed by atoms with Crippen LogP contribution in [0.5, 0.6) is 0 Å². The fourth-order valence-electron chi connectivity index (χ4n) is 2.60. The molecule has 1 heterocycles. The van der Waals surface area contributed by atoms with Gasteiger partial charge in [0.25, 0.3) is 0 Å². The SMILES string of the molecule is CC(C)N(CCO)C(=O)C1CC(=O)N(C2CC2)C1. The van der Waals surface area contributed by atoms with Crippen molar-refractivity contribution < 1.29 is 14.7 Å². The van der Waals surface area contributed by atoms with Crippen molar-refractivity contribution in [3.63, 3.8) is 0 Å². The molecule has 2 amide bonds. The average molecular weight is 254 g/mol. The largest absolute Gasteiger partial charge is 0.395 e. The highest BCUT2D eigenvalue weighted by atomic mass is 16.3. The smallest absolute Gasteiger partial charge is 0.228 e. The van der Waals surface area contributed by atoms with E-state index >= 15 is 0 Å². The van der Waals surface area contributed by atoms with E-state index in [0.29, 0.717) is 25.6 Å². The summed E-state index contributed by atoms with van der Waals surface area (Å²) < 4.78 is 0. The lowest BCUT2D eigenvalue weighted by molar-refractivity contribution is -0.138. The maximum atomic E-state index is 12.3. The van der Waals surface area contributed by atoms with E-state index in [1.165, 1.54) is 0 Å². The summed E-state index contributed by atoms with van der Waals surface area (Å²) in [5.41, 5.74) is 0. The molecule has 1 saturated carbocycles. The monoisotopic (exact) mass is 254 g/mol. The Balaban J connectivity index is 1.98. The van der Waals surface area contributed by atoms with Crippen molar-refractivity contribution in [2.75, 3.05) is 19.7 Å². The Bertz CT molecular complexity index is 339. The summed E-state index contributed by atoms with van der Waals surface area (Å²) in [6.45, 7) is 4.75. The molecule has 0 aromatic carbocycles. The van der Waals surface area contributed by atoms with Crippen LogP contribution in [0.1, 0.15) is 33.1 Å². The Labute approximate surface area is 108 Å². The summed E-state index contributed by atoms with van der Waals surface area (Å²) >= 11 is 0. The van der Waals surface area contributed by atoms with Gasteiger partial charge in [0.1, 0.15) is 0 Å². The maximum Gasteiger partial charge on any atom is 0.228 e. The topological polar surface area (TPSA) is 60.9 Å². The van der Waals surface area contributed by atoms with Crippen LogP contribution in [0, 0.1) is 5.92 Å². The zero-order valence-electron chi connectivity index (χ0n) is 11.1. The van der Waals surface area contributed by atoms with Gasteiger partial charge in [-0.15, -0.1) is 0 Å². The van der Waals surface area contributed by atoms with Gasteiger partial charge >= 0.3 is 0 Å². The standard InChI is InChI=1S/C13H22N2O3/c1-9(2)14(5-6-16)13(18)10-7-12(17)15(8-10)11-3-4-11/h9-11,16H,3-8H2,1-2H3. The van der Waals surface area contributed by atoms with E-state index in [9.17, 15) is 9.59 Å². The van der Waals surface area contributed by atoms with Crippen LogP contribution in [-0.2, 0) is 9.59 Å². The summed E-state index contributed by atoms with van der Waals surface area (Å²) in [5, 5.41) is 9.01. The molecule has 1 atom stereocenters. The number of nitrogens with zero attached hydrogens (tertiary/aromatic N) is 2. The minimum Gasteiger partial charge on any atom is -0.395 e. The van der Waals surface area contributed by atoms with Gasteiger partial charge in [-0.2, -0.15) is 0 Å². The molecular weight excluding hydrogens is 232 g/mol. The molecule has 2 fully saturated rings. The number of hydrogen-bond acceptors (Lipinski definition) is 3. The number of aliphatic hydroxyl groups is 1. The van der Waals surface area contributed by atoms with E-state index in [4.69, 9.17) is 5.11 Å². The first-order valence-electron chi connectivity index (χ1n) is 6.75. The van der Waals surface area contributed by atoms with Gasteiger partial charge in [-0.3, -0.25) is 9.59 Å². The first-order valence-corrected chi connectivity index (χ1v) is 6.75. The summed E-state index contributed by atoms with van der Waals surface area (Å²) in [6.07, 6.45) is 2.50. The molecule has 1 aliphatic carbocycles. The van der Waals surface area contributed by atoms with Gasteiger partial charge in [0.15, 0.2) is 0 Å². The molecule has 2 aliphatic rings. The van der Waals surface area contributed by atoms with Gasteiger partial charge in [-0.1, -0.05) is 0 Å². The molecule has 0 aromatic heterocycles. The average Bonchev–Trinajstić information content (AvgIpc) is 3.08. The Morgan fingerprint density at radius 1 is 1.50 bits per heavy atom. The molecule has 1 unspecified atom stereocenters. The minimum atomic E-state index is -0.216. The highest BCUT2D eigenvalue weighted by molar-refractivity contribution is 5.89. The number of rotatable bonds is 5. The molecule has 5 heteroatoms. The fourth-order valence-corrected chi connectivity index (χ4v) is 2.60. The van der Waals surface area contributed by atoms with Crippen LogP contribution in [-0.4, -0.2) is 58.5 Å². The third-order valence-corrected chi connectivity index (χ3v) is 3.74. The molecule has 5 nitrogen and oxygen atoms in total. The molecule has 0 radical (unpaired) electrons. The number of carbonyl (C=O) groups excluding carboxylic acids is 2. The lowest BCUT2D eigenvalue weighted by atomic mass is 10.1. The Morgan fingerprint density at radius 2 is 2.17 bits per heavy atom. The van der Waals surface area contributed by atoms with Crippen LogP contribution in [0.15, 0.2) is 0 Å². The van der Waals surface area contributed by atoms with Gasteiger partial charge in [0.05, 0.1) is 12.5 Å². The van der Waals surface area contributed by atoms with Crippen molar-refractivity contribution in [1.82, 2.24) is 9.80 Å². The first-order chi connectivity index (χ1) is 8.54. The van der Waals surface area contributed by atoms with Crippen LogP contribution < -0.4 is 0 Å². The van der Waals surface area contributed by atoms with Gasteiger partial charge < -0.3 is 14.9 Å². The van der Waals surface area contributed by atoms with Crippen LogP contribution in [0.4, 0.5) is 0 Å². The van der Waals surface area contributed by atoms with Crippen molar-refractivity contribution in [1.29, 1.82) is 0 Å². The Morgan fingerprint density at radius 3 is 2.67 bits per heavy atom. The molecule has 2 rings (SSSR count). The number of hydrogen-bond donors (Lipinski definition) is 1. The first kappa shape index (κ1) is 13.3. The third kappa shape index (κ3) is 2.66. The summed E-state index contributed by atoms with van der Waals surface area (Å²) in [5.74, 6) is -0.0915.